The Morgan fingerprint density at radius 1 is 1.03 bits per heavy atom. The highest BCUT2D eigenvalue weighted by Gasteiger charge is 2.44. The molecule has 0 spiro atoms. The molecule has 0 aliphatic carbocycles. The van der Waals surface area contributed by atoms with Crippen LogP contribution < -0.4 is 10.2 Å². The molecule has 1 aliphatic heterocycles. The second-order valence-corrected chi connectivity index (χ2v) is 8.69. The second-order valence-electron chi connectivity index (χ2n) is 7.89. The smallest absolute Gasteiger partial charge is 0.337 e. The van der Waals surface area contributed by atoms with E-state index in [-0.39, 0.29) is 18.2 Å². The molecule has 178 valence electrons. The summed E-state index contributed by atoms with van der Waals surface area (Å²) in [5, 5.41) is 3.57. The Kier molecular flexibility index (Phi) is 7.43. The fourth-order valence-corrected chi connectivity index (χ4v) is 4.41. The van der Waals surface area contributed by atoms with Crippen LogP contribution in [0.25, 0.3) is 0 Å². The molecule has 3 aromatic carbocycles. The number of carbonyl (C=O) groups excluding carboxylic acids is 3. The number of hydrogen-bond acceptors (Lipinski definition) is 5. The summed E-state index contributed by atoms with van der Waals surface area (Å²) in [5.74, 6) is -1.13. The monoisotopic (exact) mass is 507 g/mol. The summed E-state index contributed by atoms with van der Waals surface area (Å²) in [6, 6.07) is 22.0. The summed E-state index contributed by atoms with van der Waals surface area (Å²) >= 11 is 11.8. The first-order valence-electron chi connectivity index (χ1n) is 10.8. The number of benzene rings is 3. The van der Waals surface area contributed by atoms with Crippen molar-refractivity contribution in [3.05, 3.63) is 95.0 Å². The van der Waals surface area contributed by atoms with Gasteiger partial charge in [-0.25, -0.2) is 4.79 Å². The van der Waals surface area contributed by atoms with Gasteiger partial charge >= 0.3 is 5.97 Å². The number of nitrogens with one attached hydrogen (secondary N) is 1. The van der Waals surface area contributed by atoms with Crippen molar-refractivity contribution in [3.8, 4) is 0 Å². The van der Waals surface area contributed by atoms with Crippen molar-refractivity contribution in [3.63, 3.8) is 0 Å². The molecule has 7 nitrogen and oxygen atoms in total. The van der Waals surface area contributed by atoms with Gasteiger partial charge in [0, 0.05) is 17.3 Å². The fourth-order valence-electron chi connectivity index (χ4n) is 3.84. The quantitative estimate of drug-likeness (QED) is 0.370. The molecule has 35 heavy (non-hydrogen) atoms. The third kappa shape index (κ3) is 5.50. The van der Waals surface area contributed by atoms with Crippen LogP contribution in [0.15, 0.2) is 78.9 Å². The van der Waals surface area contributed by atoms with Gasteiger partial charge in [-0.1, -0.05) is 48.0 Å². The van der Waals surface area contributed by atoms with Crippen molar-refractivity contribution in [1.82, 2.24) is 4.90 Å². The van der Waals surface area contributed by atoms with Gasteiger partial charge in [0.1, 0.15) is 6.04 Å². The average molecular weight is 508 g/mol. The van der Waals surface area contributed by atoms with Gasteiger partial charge in [0.25, 0.3) is 5.91 Å². The van der Waals surface area contributed by atoms with Crippen molar-refractivity contribution < 1.29 is 19.1 Å². The lowest BCUT2D eigenvalue weighted by atomic mass is 10.1. The Morgan fingerprint density at radius 3 is 2.40 bits per heavy atom. The number of anilines is 2. The van der Waals surface area contributed by atoms with E-state index in [1.807, 2.05) is 30.3 Å². The number of thiocarbonyl (C=S) groups is 1. The van der Waals surface area contributed by atoms with Gasteiger partial charge in [-0.15, -0.1) is 0 Å². The highest BCUT2D eigenvalue weighted by molar-refractivity contribution is 7.80. The van der Waals surface area contributed by atoms with Crippen LogP contribution in [-0.4, -0.2) is 40.9 Å². The van der Waals surface area contributed by atoms with Gasteiger partial charge in [0.15, 0.2) is 5.11 Å². The Balaban J connectivity index is 1.56. The summed E-state index contributed by atoms with van der Waals surface area (Å²) < 4.78 is 4.69. The van der Waals surface area contributed by atoms with Crippen LogP contribution in [0.1, 0.15) is 22.3 Å². The lowest BCUT2D eigenvalue weighted by Crippen LogP contribution is -2.37. The van der Waals surface area contributed by atoms with Crippen molar-refractivity contribution in [1.29, 1.82) is 0 Å². The van der Waals surface area contributed by atoms with Crippen molar-refractivity contribution in [2.24, 2.45) is 0 Å². The molecule has 1 aliphatic rings. The second kappa shape index (κ2) is 10.7. The Hall–Kier alpha value is -3.75. The van der Waals surface area contributed by atoms with Crippen LogP contribution in [0.5, 0.6) is 0 Å². The molecule has 1 saturated heterocycles. The van der Waals surface area contributed by atoms with E-state index in [2.05, 4.69) is 10.1 Å². The van der Waals surface area contributed by atoms with Crippen LogP contribution >= 0.6 is 23.8 Å². The summed E-state index contributed by atoms with van der Waals surface area (Å²) in [6.07, 6.45) is -0.109. The molecule has 9 heteroatoms. The lowest BCUT2D eigenvalue weighted by Gasteiger charge is -2.24. The highest BCUT2D eigenvalue weighted by atomic mass is 35.5. The van der Waals surface area contributed by atoms with Gasteiger partial charge in [-0.05, 0) is 60.2 Å². The van der Waals surface area contributed by atoms with Gasteiger partial charge in [-0.3, -0.25) is 14.5 Å². The predicted molar refractivity (Wildman–Crippen MR) is 138 cm³/mol. The first kappa shape index (κ1) is 24.4. The molecule has 1 unspecified atom stereocenters. The van der Waals surface area contributed by atoms with Crippen LogP contribution in [0.3, 0.4) is 0 Å². The SMILES string of the molecule is COC(=O)c1ccc(NC(=O)CC2C(=O)N(c3cccc(Cl)c3)C(=S)N2Cc2ccccc2)cc1. The van der Waals surface area contributed by atoms with E-state index in [4.69, 9.17) is 23.8 Å². The van der Waals surface area contributed by atoms with Gasteiger partial charge in [0.2, 0.25) is 5.91 Å². The maximum absolute atomic E-state index is 13.5. The largest absolute Gasteiger partial charge is 0.465 e. The molecule has 1 fully saturated rings. The van der Waals surface area contributed by atoms with E-state index in [1.54, 1.807) is 53.4 Å². The van der Waals surface area contributed by atoms with E-state index in [0.29, 0.717) is 33.6 Å². The van der Waals surface area contributed by atoms with Crippen molar-refractivity contribution in [2.75, 3.05) is 17.3 Å². The molecule has 0 aromatic heterocycles. The van der Waals surface area contributed by atoms with E-state index in [0.717, 1.165) is 5.56 Å². The molecule has 1 atom stereocenters. The minimum absolute atomic E-state index is 0.109. The van der Waals surface area contributed by atoms with Crippen LogP contribution in [-0.2, 0) is 20.9 Å². The van der Waals surface area contributed by atoms with Gasteiger partial charge < -0.3 is 15.0 Å². The molecule has 4 rings (SSSR count). The van der Waals surface area contributed by atoms with E-state index in [1.165, 1.54) is 12.0 Å². The zero-order valence-corrected chi connectivity index (χ0v) is 20.4. The number of carbonyl (C=O) groups is 3. The van der Waals surface area contributed by atoms with E-state index < -0.39 is 12.0 Å². The zero-order valence-electron chi connectivity index (χ0n) is 18.8. The maximum atomic E-state index is 13.5. The summed E-state index contributed by atoms with van der Waals surface area (Å²) in [5.41, 5.74) is 2.37. The number of rotatable bonds is 7. The first-order chi connectivity index (χ1) is 16.9. The van der Waals surface area contributed by atoms with Crippen molar-refractivity contribution in [2.45, 2.75) is 19.0 Å². The molecule has 1 heterocycles. The fraction of sp³-hybridized carbons (Fsp3) is 0.154. The highest BCUT2D eigenvalue weighted by Crippen LogP contribution is 2.30. The van der Waals surface area contributed by atoms with Gasteiger partial charge in [0.05, 0.1) is 24.8 Å². The molecular formula is C26H22ClN3O4S. The van der Waals surface area contributed by atoms with Crippen molar-refractivity contribution >= 4 is 58.1 Å². The number of esters is 1. The number of methoxy groups -OCH3 is 1. The summed E-state index contributed by atoms with van der Waals surface area (Å²) in [7, 11) is 1.30. The summed E-state index contributed by atoms with van der Waals surface area (Å²) in [4.78, 5) is 41.2. The minimum Gasteiger partial charge on any atom is -0.465 e. The Morgan fingerprint density at radius 2 is 1.74 bits per heavy atom. The third-order valence-corrected chi connectivity index (χ3v) is 6.20. The molecule has 0 radical (unpaired) electrons. The van der Waals surface area contributed by atoms with E-state index >= 15 is 0 Å². The zero-order chi connectivity index (χ0) is 24.9. The van der Waals surface area contributed by atoms with Crippen LogP contribution in [0.4, 0.5) is 11.4 Å². The van der Waals surface area contributed by atoms with E-state index in [9.17, 15) is 14.4 Å². The number of nitrogens with zero attached hydrogens (tertiary/aromatic N) is 2. The summed E-state index contributed by atoms with van der Waals surface area (Å²) in [6.45, 7) is 0.369. The number of hydrogen-bond donors (Lipinski definition) is 1. The standard InChI is InChI=1S/C26H22ClN3O4S/c1-34-25(33)18-10-12-20(13-11-18)28-23(31)15-22-24(32)30(21-9-5-8-19(27)14-21)26(35)29(22)16-17-6-3-2-4-7-17/h2-14,22H,15-16H2,1H3,(H,28,31). The third-order valence-electron chi connectivity index (χ3n) is 5.55. The molecule has 1 N–H and O–H groups in total. The predicted octanol–water partition coefficient (Wildman–Crippen LogP) is 4.66. The number of amides is 2. The van der Waals surface area contributed by atoms with Crippen LogP contribution in [0, 0.1) is 0 Å². The van der Waals surface area contributed by atoms with Crippen LogP contribution in [0.2, 0.25) is 5.02 Å². The molecule has 3 aromatic rings. The molecule has 0 bridgehead atoms. The average Bonchev–Trinajstić information content (AvgIpc) is 3.08. The number of halogens is 1. The minimum atomic E-state index is -0.795. The lowest BCUT2D eigenvalue weighted by molar-refractivity contribution is -0.124. The normalized spacial score (nSPS) is 15.3. The molecular weight excluding hydrogens is 486 g/mol. The number of ether oxygens (including phenoxy) is 1. The first-order valence-corrected chi connectivity index (χ1v) is 11.6. The Bertz CT molecular complexity index is 1270. The Labute approximate surface area is 213 Å². The molecule has 0 saturated carbocycles. The topological polar surface area (TPSA) is 78.9 Å². The molecule has 2 amide bonds. The maximum Gasteiger partial charge on any atom is 0.337 e. The van der Waals surface area contributed by atoms with Gasteiger partial charge in [-0.2, -0.15) is 0 Å².